The van der Waals surface area contributed by atoms with Crippen LogP contribution in [-0.2, 0) is 22.4 Å². The molecule has 0 N–H and O–H groups in total. The Balaban J connectivity index is 1.66. The van der Waals surface area contributed by atoms with Gasteiger partial charge in [0.1, 0.15) is 23.3 Å². The second-order valence-electron chi connectivity index (χ2n) is 5.69. The third kappa shape index (κ3) is 2.08. The second-order valence-corrected chi connectivity index (χ2v) is 5.69. The average Bonchev–Trinajstić information content (AvgIpc) is 3.11. The number of methoxy groups -OCH3 is 1. The first-order valence-electron chi connectivity index (χ1n) is 7.33. The maximum atomic E-state index is 12.7. The predicted octanol–water partition coefficient (Wildman–Crippen LogP) is 0.0332. The van der Waals surface area contributed by atoms with Gasteiger partial charge in [-0.15, -0.1) is 0 Å². The zero-order valence-corrected chi connectivity index (χ0v) is 12.4. The first-order chi connectivity index (χ1) is 10.7. The van der Waals surface area contributed by atoms with E-state index in [1.54, 1.807) is 18.6 Å². The van der Waals surface area contributed by atoms with Gasteiger partial charge < -0.3 is 9.47 Å². The second kappa shape index (κ2) is 5.03. The van der Waals surface area contributed by atoms with Crippen LogP contribution in [-0.4, -0.2) is 44.2 Å². The van der Waals surface area contributed by atoms with Crippen LogP contribution in [0.2, 0.25) is 0 Å². The Morgan fingerprint density at radius 1 is 1.41 bits per heavy atom. The number of fused-ring (bicyclic) bond motifs is 1. The molecule has 0 aromatic carbocycles. The molecule has 0 radical (unpaired) electrons. The lowest BCUT2D eigenvalue weighted by Gasteiger charge is -2.21. The van der Waals surface area contributed by atoms with Crippen LogP contribution in [0.15, 0.2) is 9.42 Å². The SMILES string of the molecule is COC1OC1C1CCCc2nn(Cc3nonc3C)c(=O)n21. The summed E-state index contributed by atoms with van der Waals surface area (Å²) >= 11 is 0. The smallest absolute Gasteiger partial charge is 0.346 e. The molecule has 0 aliphatic carbocycles. The van der Waals surface area contributed by atoms with Crippen molar-refractivity contribution in [1.82, 2.24) is 24.7 Å². The molecule has 1 saturated heterocycles. The van der Waals surface area contributed by atoms with E-state index in [0.29, 0.717) is 11.4 Å². The van der Waals surface area contributed by atoms with Crippen LogP contribution in [0.25, 0.3) is 0 Å². The van der Waals surface area contributed by atoms with Crippen molar-refractivity contribution in [1.29, 1.82) is 0 Å². The van der Waals surface area contributed by atoms with E-state index in [9.17, 15) is 4.79 Å². The molecule has 9 heteroatoms. The van der Waals surface area contributed by atoms with E-state index in [1.165, 1.54) is 4.68 Å². The minimum atomic E-state index is -0.215. The number of hydrogen-bond acceptors (Lipinski definition) is 7. The molecule has 9 nitrogen and oxygen atoms in total. The van der Waals surface area contributed by atoms with Gasteiger partial charge in [0, 0.05) is 13.5 Å². The molecule has 3 unspecified atom stereocenters. The number of aryl methyl sites for hydroxylation is 2. The van der Waals surface area contributed by atoms with Crippen molar-refractivity contribution in [3.63, 3.8) is 0 Å². The van der Waals surface area contributed by atoms with Crippen molar-refractivity contribution in [2.45, 2.75) is 51.2 Å². The molecule has 1 fully saturated rings. The van der Waals surface area contributed by atoms with Gasteiger partial charge >= 0.3 is 5.69 Å². The Morgan fingerprint density at radius 2 is 2.27 bits per heavy atom. The third-order valence-electron chi connectivity index (χ3n) is 4.31. The van der Waals surface area contributed by atoms with Gasteiger partial charge in [0.2, 0.25) is 0 Å². The number of epoxide rings is 1. The largest absolute Gasteiger partial charge is 0.353 e. The molecule has 4 heterocycles. The number of aromatic nitrogens is 5. The molecule has 118 valence electrons. The molecule has 2 aliphatic rings. The van der Waals surface area contributed by atoms with Crippen LogP contribution in [0.4, 0.5) is 0 Å². The highest BCUT2D eigenvalue weighted by molar-refractivity contribution is 5.06. The molecule has 2 aromatic rings. The molecule has 2 aliphatic heterocycles. The van der Waals surface area contributed by atoms with Gasteiger partial charge in [0.15, 0.2) is 6.29 Å². The Bertz CT molecular complexity index is 748. The summed E-state index contributed by atoms with van der Waals surface area (Å²) in [5, 5.41) is 12.0. The van der Waals surface area contributed by atoms with E-state index in [4.69, 9.17) is 9.47 Å². The maximum absolute atomic E-state index is 12.7. The maximum Gasteiger partial charge on any atom is 0.346 e. The normalized spacial score (nSPS) is 26.9. The van der Waals surface area contributed by atoms with Crippen LogP contribution in [0.3, 0.4) is 0 Å². The van der Waals surface area contributed by atoms with Crippen LogP contribution in [0.1, 0.15) is 36.1 Å². The van der Waals surface area contributed by atoms with E-state index in [-0.39, 0.29) is 30.7 Å². The quantitative estimate of drug-likeness (QED) is 0.735. The Hall–Kier alpha value is -2.00. The van der Waals surface area contributed by atoms with Crippen molar-refractivity contribution in [2.24, 2.45) is 0 Å². The molecule has 0 spiro atoms. The molecule has 2 aromatic heterocycles. The van der Waals surface area contributed by atoms with Crippen molar-refractivity contribution >= 4 is 0 Å². The topological polar surface area (TPSA) is 100 Å². The summed E-state index contributed by atoms with van der Waals surface area (Å²) < 4.78 is 18.5. The summed E-state index contributed by atoms with van der Waals surface area (Å²) in [6, 6.07) is -0.00789. The Labute approximate surface area is 125 Å². The summed E-state index contributed by atoms with van der Waals surface area (Å²) in [4.78, 5) is 12.7. The van der Waals surface area contributed by atoms with Gasteiger partial charge in [-0.3, -0.25) is 4.57 Å². The van der Waals surface area contributed by atoms with Crippen molar-refractivity contribution < 1.29 is 14.1 Å². The molecule has 0 amide bonds. The molecule has 4 rings (SSSR count). The molecule has 22 heavy (non-hydrogen) atoms. The van der Waals surface area contributed by atoms with E-state index >= 15 is 0 Å². The Morgan fingerprint density at radius 3 is 2.95 bits per heavy atom. The van der Waals surface area contributed by atoms with Gasteiger partial charge in [-0.25, -0.2) is 14.1 Å². The van der Waals surface area contributed by atoms with Crippen LogP contribution in [0.5, 0.6) is 0 Å². The lowest BCUT2D eigenvalue weighted by molar-refractivity contribution is 0.0950. The molecule has 3 atom stereocenters. The highest BCUT2D eigenvalue weighted by Gasteiger charge is 2.48. The van der Waals surface area contributed by atoms with E-state index in [1.807, 2.05) is 0 Å². The zero-order chi connectivity index (χ0) is 15.3. The summed E-state index contributed by atoms with van der Waals surface area (Å²) in [6.45, 7) is 2.05. The number of ether oxygens (including phenoxy) is 2. The van der Waals surface area contributed by atoms with Gasteiger partial charge in [0.25, 0.3) is 0 Å². The summed E-state index contributed by atoms with van der Waals surface area (Å²) in [5.74, 6) is 0.792. The fourth-order valence-corrected chi connectivity index (χ4v) is 3.09. The summed E-state index contributed by atoms with van der Waals surface area (Å²) in [5.41, 5.74) is 1.14. The summed E-state index contributed by atoms with van der Waals surface area (Å²) in [6.07, 6.45) is 2.40. The molecule has 0 saturated carbocycles. The molecular weight excluding hydrogens is 290 g/mol. The van der Waals surface area contributed by atoms with E-state index < -0.39 is 0 Å². The minimum Gasteiger partial charge on any atom is -0.353 e. The van der Waals surface area contributed by atoms with Crippen LogP contribution in [0, 0.1) is 6.92 Å². The van der Waals surface area contributed by atoms with Gasteiger partial charge in [-0.05, 0) is 19.8 Å². The first kappa shape index (κ1) is 13.6. The van der Waals surface area contributed by atoms with E-state index in [2.05, 4.69) is 20.0 Å². The fraction of sp³-hybridized carbons (Fsp3) is 0.692. The van der Waals surface area contributed by atoms with Crippen molar-refractivity contribution in [3.05, 3.63) is 27.7 Å². The van der Waals surface area contributed by atoms with Crippen LogP contribution >= 0.6 is 0 Å². The lowest BCUT2D eigenvalue weighted by atomic mass is 10.0. The Kier molecular flexibility index (Phi) is 3.12. The lowest BCUT2D eigenvalue weighted by Crippen LogP contribution is -2.34. The monoisotopic (exact) mass is 307 g/mol. The molecular formula is C13H17N5O4. The zero-order valence-electron chi connectivity index (χ0n) is 12.4. The highest BCUT2D eigenvalue weighted by Crippen LogP contribution is 2.38. The van der Waals surface area contributed by atoms with E-state index in [0.717, 1.165) is 25.1 Å². The van der Waals surface area contributed by atoms with Crippen LogP contribution < -0.4 is 5.69 Å². The van der Waals surface area contributed by atoms with Gasteiger partial charge in [-0.2, -0.15) is 5.10 Å². The highest BCUT2D eigenvalue weighted by atomic mass is 16.8. The number of hydrogen-bond donors (Lipinski definition) is 0. The number of nitrogens with zero attached hydrogens (tertiary/aromatic N) is 5. The minimum absolute atomic E-state index is 0.00789. The predicted molar refractivity (Wildman–Crippen MR) is 72.3 cm³/mol. The molecule has 0 bridgehead atoms. The first-order valence-corrected chi connectivity index (χ1v) is 7.33. The van der Waals surface area contributed by atoms with Gasteiger partial charge in [0.05, 0.1) is 12.6 Å². The van der Waals surface area contributed by atoms with Crippen molar-refractivity contribution in [3.8, 4) is 0 Å². The fourth-order valence-electron chi connectivity index (χ4n) is 3.09. The number of rotatable bonds is 4. The standard InChI is InChI=1S/C13H17N5O4/c1-7-8(16-22-15-7)6-17-13(19)18-9(11-12(20-2)21-11)4-3-5-10(18)14-17/h9,11-12H,3-6H2,1-2H3. The summed E-state index contributed by atoms with van der Waals surface area (Å²) in [7, 11) is 1.61. The third-order valence-corrected chi connectivity index (χ3v) is 4.31. The average molecular weight is 307 g/mol. The van der Waals surface area contributed by atoms with Gasteiger partial charge in [-0.1, -0.05) is 10.3 Å². The van der Waals surface area contributed by atoms with Crippen molar-refractivity contribution in [2.75, 3.05) is 7.11 Å².